The molecule has 0 fully saturated rings. The molecule has 6 nitrogen and oxygen atoms in total. The van der Waals surface area contributed by atoms with Gasteiger partial charge in [0.2, 0.25) is 0 Å². The first-order valence-corrected chi connectivity index (χ1v) is 10.0. The molecule has 0 aliphatic rings. The van der Waals surface area contributed by atoms with E-state index < -0.39 is 11.9 Å². The van der Waals surface area contributed by atoms with Crippen LogP contribution in [0.5, 0.6) is 0 Å². The number of aliphatic carboxylic acids is 1. The molecule has 1 aromatic heterocycles. The summed E-state index contributed by atoms with van der Waals surface area (Å²) in [5.74, 6) is -1.58. The van der Waals surface area contributed by atoms with Gasteiger partial charge >= 0.3 is 11.9 Å². The molecule has 1 heterocycles. The summed E-state index contributed by atoms with van der Waals surface area (Å²) in [5.41, 5.74) is 5.11. The lowest BCUT2D eigenvalue weighted by atomic mass is 10.1. The number of esters is 1. The van der Waals surface area contributed by atoms with Crippen LogP contribution >= 0.6 is 0 Å². The van der Waals surface area contributed by atoms with E-state index in [1.54, 1.807) is 24.3 Å². The standard InChI is InChI=1S/C26H20N2O4/c1-17-7-13-21-22(15-17)28-25(26(31)32-16-19-5-3-2-4-6-19)24(27-21)20-11-8-18(9-12-20)10-14-23(29)30/h2-15H,16H2,1H3,(H,29,30)/b14-10+. The fourth-order valence-electron chi connectivity index (χ4n) is 3.22. The molecule has 4 aromatic rings. The number of nitrogens with zero attached hydrogens (tertiary/aromatic N) is 2. The molecule has 0 amide bonds. The van der Waals surface area contributed by atoms with E-state index in [1.165, 1.54) is 6.08 Å². The minimum absolute atomic E-state index is 0.131. The molecule has 0 atom stereocenters. The van der Waals surface area contributed by atoms with Crippen LogP contribution in [0.1, 0.15) is 27.2 Å². The summed E-state index contributed by atoms with van der Waals surface area (Å²) in [4.78, 5) is 33.0. The first-order chi connectivity index (χ1) is 15.5. The highest BCUT2D eigenvalue weighted by molar-refractivity contribution is 5.97. The summed E-state index contributed by atoms with van der Waals surface area (Å²) in [6.45, 7) is 2.08. The van der Waals surface area contributed by atoms with Gasteiger partial charge in [-0.2, -0.15) is 0 Å². The van der Waals surface area contributed by atoms with Crippen molar-refractivity contribution < 1.29 is 19.4 Å². The molecule has 3 aromatic carbocycles. The Morgan fingerprint density at radius 1 is 0.938 bits per heavy atom. The molecule has 0 saturated carbocycles. The second-order valence-corrected chi connectivity index (χ2v) is 7.27. The first kappa shape index (κ1) is 20.9. The third-order valence-electron chi connectivity index (χ3n) is 4.83. The highest BCUT2D eigenvalue weighted by Gasteiger charge is 2.19. The number of aromatic nitrogens is 2. The number of fused-ring (bicyclic) bond motifs is 1. The summed E-state index contributed by atoms with van der Waals surface area (Å²) in [5, 5.41) is 8.80. The molecule has 32 heavy (non-hydrogen) atoms. The van der Waals surface area contributed by atoms with Crippen LogP contribution in [-0.4, -0.2) is 27.0 Å². The van der Waals surface area contributed by atoms with E-state index in [2.05, 4.69) is 4.98 Å². The Balaban J connectivity index is 1.72. The number of carboxylic acid groups (broad SMARTS) is 1. The number of carbonyl (C=O) groups is 2. The Morgan fingerprint density at radius 3 is 2.41 bits per heavy atom. The van der Waals surface area contributed by atoms with E-state index in [4.69, 9.17) is 14.8 Å². The van der Waals surface area contributed by atoms with Crippen molar-refractivity contribution in [1.82, 2.24) is 9.97 Å². The van der Waals surface area contributed by atoms with E-state index in [9.17, 15) is 9.59 Å². The number of hydrogen-bond acceptors (Lipinski definition) is 5. The van der Waals surface area contributed by atoms with Gasteiger partial charge in [0, 0.05) is 11.6 Å². The first-order valence-electron chi connectivity index (χ1n) is 10.0. The van der Waals surface area contributed by atoms with Crippen LogP contribution in [0.3, 0.4) is 0 Å². The maximum Gasteiger partial charge on any atom is 0.359 e. The third kappa shape index (κ3) is 4.87. The van der Waals surface area contributed by atoms with E-state index in [0.717, 1.165) is 17.2 Å². The van der Waals surface area contributed by atoms with Crippen LogP contribution in [0.25, 0.3) is 28.4 Å². The number of rotatable bonds is 6. The predicted molar refractivity (Wildman–Crippen MR) is 122 cm³/mol. The van der Waals surface area contributed by atoms with Gasteiger partial charge in [-0.3, -0.25) is 0 Å². The van der Waals surface area contributed by atoms with Gasteiger partial charge in [-0.25, -0.2) is 19.6 Å². The molecular weight excluding hydrogens is 404 g/mol. The quantitative estimate of drug-likeness (QED) is 0.344. The van der Waals surface area contributed by atoms with Gasteiger partial charge in [0.05, 0.1) is 11.0 Å². The van der Waals surface area contributed by atoms with Crippen LogP contribution in [0, 0.1) is 6.92 Å². The fraction of sp³-hybridized carbons (Fsp3) is 0.0769. The van der Waals surface area contributed by atoms with Gasteiger partial charge in [-0.15, -0.1) is 0 Å². The Morgan fingerprint density at radius 2 is 1.69 bits per heavy atom. The van der Waals surface area contributed by atoms with Crippen molar-refractivity contribution in [2.75, 3.05) is 0 Å². The number of hydrogen-bond donors (Lipinski definition) is 1. The van der Waals surface area contributed by atoms with Crippen molar-refractivity contribution >= 4 is 29.0 Å². The summed E-state index contributed by atoms with van der Waals surface area (Å²) >= 11 is 0. The highest BCUT2D eigenvalue weighted by atomic mass is 16.5. The number of carboxylic acids is 1. The van der Waals surface area contributed by atoms with Gasteiger partial charge in [-0.05, 0) is 41.8 Å². The normalized spacial score (nSPS) is 11.0. The molecule has 0 bridgehead atoms. The number of benzene rings is 3. The molecule has 0 aliphatic carbocycles. The van der Waals surface area contributed by atoms with Crippen molar-refractivity contribution in [2.24, 2.45) is 0 Å². The van der Waals surface area contributed by atoms with E-state index in [0.29, 0.717) is 27.9 Å². The summed E-state index contributed by atoms with van der Waals surface area (Å²) in [6.07, 6.45) is 2.57. The largest absolute Gasteiger partial charge is 0.478 e. The molecule has 6 heteroatoms. The highest BCUT2D eigenvalue weighted by Crippen LogP contribution is 2.25. The average Bonchev–Trinajstić information content (AvgIpc) is 2.81. The Hall–Kier alpha value is -4.32. The number of ether oxygens (including phenoxy) is 1. The summed E-state index contributed by atoms with van der Waals surface area (Å²) < 4.78 is 5.53. The van der Waals surface area contributed by atoms with Crippen LogP contribution in [0.4, 0.5) is 0 Å². The Bertz CT molecular complexity index is 1310. The van der Waals surface area contributed by atoms with Crippen LogP contribution in [0.15, 0.2) is 78.9 Å². The van der Waals surface area contributed by atoms with Gasteiger partial charge in [0.25, 0.3) is 0 Å². The van der Waals surface area contributed by atoms with Crippen LogP contribution < -0.4 is 0 Å². The van der Waals surface area contributed by atoms with E-state index >= 15 is 0 Å². The van der Waals surface area contributed by atoms with Gasteiger partial charge in [0.15, 0.2) is 5.69 Å². The van der Waals surface area contributed by atoms with Crippen molar-refractivity contribution in [3.63, 3.8) is 0 Å². The van der Waals surface area contributed by atoms with Crippen LogP contribution in [-0.2, 0) is 16.1 Å². The van der Waals surface area contributed by atoms with Crippen molar-refractivity contribution in [1.29, 1.82) is 0 Å². The molecule has 0 spiro atoms. The van der Waals surface area contributed by atoms with E-state index in [1.807, 2.05) is 55.5 Å². The SMILES string of the molecule is Cc1ccc2nc(-c3ccc(/C=C/C(=O)O)cc3)c(C(=O)OCc3ccccc3)nc2c1. The van der Waals surface area contributed by atoms with Gasteiger partial charge in [-0.1, -0.05) is 60.7 Å². The molecule has 1 N–H and O–H groups in total. The topological polar surface area (TPSA) is 89.4 Å². The zero-order chi connectivity index (χ0) is 22.5. The minimum atomic E-state index is -1.02. The molecule has 4 rings (SSSR count). The second kappa shape index (κ2) is 9.22. The third-order valence-corrected chi connectivity index (χ3v) is 4.83. The number of carbonyl (C=O) groups excluding carboxylic acids is 1. The molecule has 0 unspecified atom stereocenters. The molecule has 0 saturated heterocycles. The second-order valence-electron chi connectivity index (χ2n) is 7.27. The van der Waals surface area contributed by atoms with E-state index in [-0.39, 0.29) is 12.3 Å². The lowest BCUT2D eigenvalue weighted by Crippen LogP contribution is -2.11. The lowest BCUT2D eigenvalue weighted by Gasteiger charge is -2.11. The summed E-state index contributed by atoms with van der Waals surface area (Å²) in [7, 11) is 0. The number of aryl methyl sites for hydroxylation is 1. The van der Waals surface area contributed by atoms with Crippen LogP contribution in [0.2, 0.25) is 0 Å². The molecule has 0 aliphatic heterocycles. The van der Waals surface area contributed by atoms with Crippen molar-refractivity contribution in [2.45, 2.75) is 13.5 Å². The molecular formula is C26H20N2O4. The molecule has 158 valence electrons. The summed E-state index contributed by atoms with van der Waals surface area (Å²) in [6, 6.07) is 22.2. The minimum Gasteiger partial charge on any atom is -0.478 e. The lowest BCUT2D eigenvalue weighted by molar-refractivity contribution is -0.131. The fourth-order valence-corrected chi connectivity index (χ4v) is 3.22. The zero-order valence-electron chi connectivity index (χ0n) is 17.4. The Labute approximate surface area is 184 Å². The maximum atomic E-state index is 13.0. The van der Waals surface area contributed by atoms with Gasteiger partial charge in [0.1, 0.15) is 12.3 Å². The van der Waals surface area contributed by atoms with Crippen molar-refractivity contribution in [3.05, 3.63) is 101 Å². The average molecular weight is 424 g/mol. The zero-order valence-corrected chi connectivity index (χ0v) is 17.4. The van der Waals surface area contributed by atoms with Gasteiger partial charge < -0.3 is 9.84 Å². The maximum absolute atomic E-state index is 13.0. The Kier molecular flexibility index (Phi) is 6.03. The predicted octanol–water partition coefficient (Wildman–Crippen LogP) is 5.06. The smallest absolute Gasteiger partial charge is 0.359 e. The monoisotopic (exact) mass is 424 g/mol. The van der Waals surface area contributed by atoms with Crippen molar-refractivity contribution in [3.8, 4) is 11.3 Å². The molecule has 0 radical (unpaired) electrons.